The van der Waals surface area contributed by atoms with Gasteiger partial charge in [0.1, 0.15) is 0 Å². The molecule has 2 fully saturated rings. The zero-order valence-electron chi connectivity index (χ0n) is 13.2. The highest BCUT2D eigenvalue weighted by molar-refractivity contribution is 6.23. The maximum Gasteiger partial charge on any atom is 0.241 e. The number of benzene rings is 1. The zero-order valence-corrected chi connectivity index (χ0v) is 13.2. The number of imide groups is 1. The summed E-state index contributed by atoms with van der Waals surface area (Å²) in [6.07, 6.45) is 3.87. The van der Waals surface area contributed by atoms with Crippen LogP contribution in [0.2, 0.25) is 0 Å². The number of carbonyl (C=O) groups excluding carboxylic acids is 2. The Hall–Kier alpha value is -1.94. The number of ether oxygens (including phenoxy) is 1. The standard InChI is InChI=1S/C18H19NO3/c1-10-5-6-12(11(2)9-10)19-15(20)13-14(16(19)21)18(4)8-7-17(13,3)22-18/h5-9,13-14H,1-4H3/t13-,14+,17-,18+. The van der Waals surface area contributed by atoms with Crippen LogP contribution in [0.4, 0.5) is 5.69 Å². The fraction of sp³-hybridized carbons (Fsp3) is 0.444. The molecule has 0 spiro atoms. The molecule has 4 nitrogen and oxygen atoms in total. The van der Waals surface area contributed by atoms with E-state index in [1.807, 2.05) is 58.0 Å². The first kappa shape index (κ1) is 13.7. The Bertz CT molecular complexity index is 717. The van der Waals surface area contributed by atoms with Gasteiger partial charge in [0.05, 0.1) is 28.7 Å². The predicted octanol–water partition coefficient (Wildman–Crippen LogP) is 2.53. The van der Waals surface area contributed by atoms with E-state index in [0.717, 1.165) is 11.1 Å². The van der Waals surface area contributed by atoms with Crippen LogP contribution < -0.4 is 4.90 Å². The molecule has 0 radical (unpaired) electrons. The van der Waals surface area contributed by atoms with Crippen LogP contribution in [0.15, 0.2) is 30.4 Å². The Morgan fingerprint density at radius 3 is 2.05 bits per heavy atom. The Kier molecular flexibility index (Phi) is 2.41. The van der Waals surface area contributed by atoms with Crippen molar-refractivity contribution in [1.29, 1.82) is 0 Å². The lowest BCUT2D eigenvalue weighted by atomic mass is 9.73. The third kappa shape index (κ3) is 1.46. The molecule has 22 heavy (non-hydrogen) atoms. The monoisotopic (exact) mass is 297 g/mol. The van der Waals surface area contributed by atoms with Crippen molar-refractivity contribution in [2.75, 3.05) is 4.90 Å². The molecular weight excluding hydrogens is 278 g/mol. The number of carbonyl (C=O) groups is 2. The normalized spacial score (nSPS) is 39.0. The average molecular weight is 297 g/mol. The minimum atomic E-state index is -0.667. The molecule has 4 heteroatoms. The number of hydrogen-bond donors (Lipinski definition) is 0. The summed E-state index contributed by atoms with van der Waals surface area (Å²) in [5, 5.41) is 0. The maximum absolute atomic E-state index is 13.0. The first-order valence-electron chi connectivity index (χ1n) is 7.62. The van der Waals surface area contributed by atoms with Crippen molar-refractivity contribution in [1.82, 2.24) is 0 Å². The van der Waals surface area contributed by atoms with Crippen molar-refractivity contribution in [3.63, 3.8) is 0 Å². The van der Waals surface area contributed by atoms with Gasteiger partial charge in [-0.2, -0.15) is 0 Å². The minimum Gasteiger partial charge on any atom is -0.359 e. The van der Waals surface area contributed by atoms with E-state index in [9.17, 15) is 9.59 Å². The summed E-state index contributed by atoms with van der Waals surface area (Å²) in [5.74, 6) is -1.12. The number of fused-ring (bicyclic) bond motifs is 5. The number of rotatable bonds is 1. The summed E-state index contributed by atoms with van der Waals surface area (Å²) < 4.78 is 6.01. The highest BCUT2D eigenvalue weighted by atomic mass is 16.5. The molecule has 3 heterocycles. The number of anilines is 1. The van der Waals surface area contributed by atoms with Crippen molar-refractivity contribution in [2.24, 2.45) is 11.8 Å². The van der Waals surface area contributed by atoms with Gasteiger partial charge in [0.15, 0.2) is 0 Å². The molecule has 1 aromatic rings. The van der Waals surface area contributed by atoms with Crippen LogP contribution >= 0.6 is 0 Å². The average Bonchev–Trinajstić information content (AvgIpc) is 2.97. The van der Waals surface area contributed by atoms with Gasteiger partial charge >= 0.3 is 0 Å². The molecule has 4 rings (SSSR count). The third-order valence-electron chi connectivity index (χ3n) is 5.32. The fourth-order valence-electron chi connectivity index (χ4n) is 4.32. The second-order valence-corrected chi connectivity index (χ2v) is 7.06. The van der Waals surface area contributed by atoms with Gasteiger partial charge in [-0.1, -0.05) is 29.8 Å². The zero-order chi connectivity index (χ0) is 15.9. The first-order chi connectivity index (χ1) is 10.3. The van der Waals surface area contributed by atoms with Crippen LogP contribution in [0.3, 0.4) is 0 Å². The minimum absolute atomic E-state index is 0.141. The summed E-state index contributed by atoms with van der Waals surface area (Å²) >= 11 is 0. The Labute approximate surface area is 129 Å². The molecule has 4 atom stereocenters. The van der Waals surface area contributed by atoms with E-state index in [-0.39, 0.29) is 11.8 Å². The quantitative estimate of drug-likeness (QED) is 0.591. The van der Waals surface area contributed by atoms with Crippen LogP contribution in [0.5, 0.6) is 0 Å². The second-order valence-electron chi connectivity index (χ2n) is 7.06. The fourth-order valence-corrected chi connectivity index (χ4v) is 4.32. The Balaban J connectivity index is 1.83. The lowest BCUT2D eigenvalue weighted by Gasteiger charge is -2.26. The number of amides is 2. The van der Waals surface area contributed by atoms with Crippen molar-refractivity contribution in [3.8, 4) is 0 Å². The van der Waals surface area contributed by atoms with Gasteiger partial charge < -0.3 is 4.74 Å². The second kappa shape index (κ2) is 3.87. The van der Waals surface area contributed by atoms with E-state index in [1.54, 1.807) is 0 Å². The van der Waals surface area contributed by atoms with E-state index in [1.165, 1.54) is 4.90 Å². The van der Waals surface area contributed by atoms with Crippen LogP contribution in [0.25, 0.3) is 0 Å². The summed E-state index contributed by atoms with van der Waals surface area (Å²) in [6, 6.07) is 5.79. The molecule has 0 aromatic heterocycles. The van der Waals surface area contributed by atoms with E-state index in [4.69, 9.17) is 4.74 Å². The molecule has 0 unspecified atom stereocenters. The smallest absolute Gasteiger partial charge is 0.241 e. The van der Waals surface area contributed by atoms with E-state index in [0.29, 0.717) is 5.69 Å². The molecule has 3 aliphatic rings. The van der Waals surface area contributed by atoms with Crippen molar-refractivity contribution in [3.05, 3.63) is 41.5 Å². The van der Waals surface area contributed by atoms with Gasteiger partial charge in [0.25, 0.3) is 0 Å². The molecule has 0 N–H and O–H groups in total. The lowest BCUT2D eigenvalue weighted by Crippen LogP contribution is -2.39. The van der Waals surface area contributed by atoms with E-state index in [2.05, 4.69) is 0 Å². The summed E-state index contributed by atoms with van der Waals surface area (Å²) in [4.78, 5) is 27.3. The molecule has 2 bridgehead atoms. The van der Waals surface area contributed by atoms with Gasteiger partial charge in [-0.3, -0.25) is 9.59 Å². The number of aryl methyl sites for hydroxylation is 2. The topological polar surface area (TPSA) is 46.6 Å². The number of hydrogen-bond acceptors (Lipinski definition) is 3. The molecule has 2 saturated heterocycles. The lowest BCUT2D eigenvalue weighted by molar-refractivity contribution is -0.128. The maximum atomic E-state index is 13.0. The third-order valence-corrected chi connectivity index (χ3v) is 5.32. The largest absolute Gasteiger partial charge is 0.359 e. The molecule has 2 amide bonds. The number of nitrogens with zero attached hydrogens (tertiary/aromatic N) is 1. The predicted molar refractivity (Wildman–Crippen MR) is 82.4 cm³/mol. The summed E-state index contributed by atoms with van der Waals surface area (Å²) in [5.41, 5.74) is 1.42. The van der Waals surface area contributed by atoms with Gasteiger partial charge in [-0.25, -0.2) is 4.90 Å². The molecule has 3 aliphatic heterocycles. The highest BCUT2D eigenvalue weighted by Gasteiger charge is 2.70. The molecule has 114 valence electrons. The van der Waals surface area contributed by atoms with Crippen LogP contribution in [-0.2, 0) is 14.3 Å². The van der Waals surface area contributed by atoms with Crippen molar-refractivity contribution < 1.29 is 14.3 Å². The SMILES string of the molecule is Cc1ccc(N2C(=O)[C@@H]3[C@H](C2=O)[C@@]2(C)C=C[C@]3(C)O2)c(C)c1. The van der Waals surface area contributed by atoms with Gasteiger partial charge in [0.2, 0.25) is 11.8 Å². The van der Waals surface area contributed by atoms with E-state index < -0.39 is 23.0 Å². The van der Waals surface area contributed by atoms with Gasteiger partial charge in [-0.15, -0.1) is 0 Å². The van der Waals surface area contributed by atoms with Crippen LogP contribution in [0.1, 0.15) is 25.0 Å². The van der Waals surface area contributed by atoms with Crippen molar-refractivity contribution >= 4 is 17.5 Å². The highest BCUT2D eigenvalue weighted by Crippen LogP contribution is 2.57. The summed E-state index contributed by atoms with van der Waals surface area (Å²) in [6.45, 7) is 7.73. The van der Waals surface area contributed by atoms with Crippen LogP contribution in [-0.4, -0.2) is 23.0 Å². The van der Waals surface area contributed by atoms with Crippen molar-refractivity contribution in [2.45, 2.75) is 38.9 Å². The van der Waals surface area contributed by atoms with E-state index >= 15 is 0 Å². The molecule has 0 saturated carbocycles. The Morgan fingerprint density at radius 2 is 1.55 bits per heavy atom. The van der Waals surface area contributed by atoms with Crippen LogP contribution in [0, 0.1) is 25.7 Å². The first-order valence-corrected chi connectivity index (χ1v) is 7.62. The molecular formula is C18H19NO3. The van der Waals surface area contributed by atoms with Gasteiger partial charge in [0, 0.05) is 0 Å². The molecule has 0 aliphatic carbocycles. The molecule has 1 aromatic carbocycles. The van der Waals surface area contributed by atoms with Gasteiger partial charge in [-0.05, 0) is 39.3 Å². The Morgan fingerprint density at radius 1 is 1.00 bits per heavy atom. The summed E-state index contributed by atoms with van der Waals surface area (Å²) in [7, 11) is 0.